The lowest BCUT2D eigenvalue weighted by Gasteiger charge is -2.33. The van der Waals surface area contributed by atoms with E-state index in [4.69, 9.17) is 4.74 Å². The maximum atomic E-state index is 5.91. The Hall–Kier alpha value is -2.18. The first-order chi connectivity index (χ1) is 11.3. The summed E-state index contributed by atoms with van der Waals surface area (Å²) in [5, 5.41) is 6.24. The molecule has 0 amide bonds. The average Bonchev–Trinajstić information content (AvgIpc) is 2.62. The molecule has 6 nitrogen and oxygen atoms in total. The Morgan fingerprint density at radius 3 is 2.87 bits per heavy atom. The fraction of sp³-hybridized carbons (Fsp3) is 0.412. The van der Waals surface area contributed by atoms with Gasteiger partial charge in [-0.2, -0.15) is 0 Å². The van der Waals surface area contributed by atoms with E-state index in [1.165, 1.54) is 5.56 Å². The highest BCUT2D eigenvalue weighted by atomic mass is 16.5. The first-order valence-corrected chi connectivity index (χ1v) is 7.89. The highest BCUT2D eigenvalue weighted by molar-refractivity contribution is 5.43. The zero-order valence-corrected chi connectivity index (χ0v) is 13.6. The average molecular weight is 313 g/mol. The summed E-state index contributed by atoms with van der Waals surface area (Å²) in [6.45, 7) is 3.33. The molecule has 0 aromatic carbocycles. The van der Waals surface area contributed by atoms with Gasteiger partial charge in [-0.05, 0) is 18.2 Å². The molecule has 0 radical (unpaired) electrons. The van der Waals surface area contributed by atoms with Gasteiger partial charge in [0.05, 0.1) is 24.2 Å². The zero-order valence-electron chi connectivity index (χ0n) is 13.6. The van der Waals surface area contributed by atoms with Gasteiger partial charge in [0.1, 0.15) is 11.9 Å². The van der Waals surface area contributed by atoms with Crippen LogP contribution in [0, 0.1) is 0 Å². The van der Waals surface area contributed by atoms with Crippen molar-refractivity contribution in [2.45, 2.75) is 12.6 Å². The molecule has 1 saturated heterocycles. The van der Waals surface area contributed by atoms with Gasteiger partial charge in [-0.3, -0.25) is 9.88 Å². The minimum Gasteiger partial charge on any atom is -0.387 e. The summed E-state index contributed by atoms with van der Waals surface area (Å²) < 4.78 is 5.91. The molecule has 2 aromatic heterocycles. The molecule has 2 aromatic rings. The number of anilines is 2. The van der Waals surface area contributed by atoms with Gasteiger partial charge in [-0.25, -0.2) is 4.98 Å². The van der Waals surface area contributed by atoms with Crippen molar-refractivity contribution in [1.29, 1.82) is 0 Å². The molecule has 1 aliphatic rings. The monoisotopic (exact) mass is 313 g/mol. The van der Waals surface area contributed by atoms with Crippen LogP contribution in [0.4, 0.5) is 11.5 Å². The molecule has 0 aliphatic carbocycles. The Labute approximate surface area is 136 Å². The largest absolute Gasteiger partial charge is 0.387 e. The van der Waals surface area contributed by atoms with E-state index in [0.29, 0.717) is 0 Å². The maximum Gasteiger partial charge on any atom is 0.130 e. The van der Waals surface area contributed by atoms with E-state index in [1.54, 1.807) is 0 Å². The molecule has 3 heterocycles. The topological polar surface area (TPSA) is 62.3 Å². The number of aromatic nitrogens is 2. The molecule has 1 fully saturated rings. The molecule has 2 N–H and O–H groups in total. The number of nitrogens with zero attached hydrogens (tertiary/aromatic N) is 3. The maximum absolute atomic E-state index is 5.91. The standard InChI is InChI=1S/C17H23N5O/c1-18-14-5-6-15(21-10-14)16-12-22(8-9-23-16)11-13-4-3-7-20-17(13)19-2/h3-7,10,16,18H,8-9,11-12H2,1-2H3,(H,19,20)/t16-/m0/s1. The third-order valence-corrected chi connectivity index (χ3v) is 4.08. The van der Waals surface area contributed by atoms with Gasteiger partial charge >= 0.3 is 0 Å². The molecule has 6 heteroatoms. The second-order valence-electron chi connectivity index (χ2n) is 5.58. The normalized spacial score (nSPS) is 18.6. The summed E-state index contributed by atoms with van der Waals surface area (Å²) >= 11 is 0. The van der Waals surface area contributed by atoms with Crippen molar-refractivity contribution >= 4 is 11.5 Å². The number of morpholine rings is 1. The molecule has 0 unspecified atom stereocenters. The Kier molecular flexibility index (Phi) is 5.05. The van der Waals surface area contributed by atoms with Crippen LogP contribution in [0.15, 0.2) is 36.7 Å². The molecule has 1 atom stereocenters. The summed E-state index contributed by atoms with van der Waals surface area (Å²) in [5.41, 5.74) is 3.19. The summed E-state index contributed by atoms with van der Waals surface area (Å²) in [4.78, 5) is 11.3. The van der Waals surface area contributed by atoms with Gasteiger partial charge in [0.2, 0.25) is 0 Å². The van der Waals surface area contributed by atoms with E-state index >= 15 is 0 Å². The van der Waals surface area contributed by atoms with Crippen molar-refractivity contribution < 1.29 is 4.74 Å². The van der Waals surface area contributed by atoms with Crippen LogP contribution in [0.1, 0.15) is 17.4 Å². The quantitative estimate of drug-likeness (QED) is 0.882. The summed E-state index contributed by atoms with van der Waals surface area (Å²) in [6.07, 6.45) is 3.67. The predicted molar refractivity (Wildman–Crippen MR) is 91.5 cm³/mol. The predicted octanol–water partition coefficient (Wildman–Crippen LogP) is 2.13. The highest BCUT2D eigenvalue weighted by Gasteiger charge is 2.23. The number of hydrogen-bond acceptors (Lipinski definition) is 6. The SMILES string of the molecule is CNc1ccc([C@@H]2CN(Cc3cccnc3NC)CCO2)nc1. The van der Waals surface area contributed by atoms with E-state index < -0.39 is 0 Å². The van der Waals surface area contributed by atoms with Gasteiger partial charge < -0.3 is 15.4 Å². The van der Waals surface area contributed by atoms with Gasteiger partial charge in [0.15, 0.2) is 0 Å². The van der Waals surface area contributed by atoms with Crippen LogP contribution >= 0.6 is 0 Å². The molecule has 0 bridgehead atoms. The van der Waals surface area contributed by atoms with Crippen molar-refractivity contribution in [3.8, 4) is 0 Å². The van der Waals surface area contributed by atoms with Crippen LogP contribution in [0.5, 0.6) is 0 Å². The summed E-state index contributed by atoms with van der Waals surface area (Å²) in [6, 6.07) is 8.16. The van der Waals surface area contributed by atoms with Crippen molar-refractivity contribution in [3.05, 3.63) is 47.9 Å². The van der Waals surface area contributed by atoms with Crippen LogP contribution in [0.25, 0.3) is 0 Å². The fourth-order valence-corrected chi connectivity index (χ4v) is 2.80. The minimum absolute atomic E-state index is 0.0179. The Balaban J connectivity index is 1.68. The number of pyridine rings is 2. The zero-order chi connectivity index (χ0) is 16.1. The number of nitrogens with one attached hydrogen (secondary N) is 2. The van der Waals surface area contributed by atoms with Crippen LogP contribution in [0.2, 0.25) is 0 Å². The van der Waals surface area contributed by atoms with E-state index in [0.717, 1.165) is 43.4 Å². The minimum atomic E-state index is 0.0179. The van der Waals surface area contributed by atoms with Crippen LogP contribution < -0.4 is 10.6 Å². The third-order valence-electron chi connectivity index (χ3n) is 4.08. The Morgan fingerprint density at radius 1 is 1.22 bits per heavy atom. The Morgan fingerprint density at radius 2 is 2.13 bits per heavy atom. The summed E-state index contributed by atoms with van der Waals surface area (Å²) in [7, 11) is 3.80. The second kappa shape index (κ2) is 7.39. The van der Waals surface area contributed by atoms with E-state index in [2.05, 4.69) is 31.6 Å². The van der Waals surface area contributed by atoms with Crippen molar-refractivity contribution in [1.82, 2.24) is 14.9 Å². The second-order valence-corrected chi connectivity index (χ2v) is 5.58. The van der Waals surface area contributed by atoms with Crippen LogP contribution in [-0.4, -0.2) is 48.7 Å². The van der Waals surface area contributed by atoms with Crippen molar-refractivity contribution in [2.24, 2.45) is 0 Å². The first-order valence-electron chi connectivity index (χ1n) is 7.89. The highest BCUT2D eigenvalue weighted by Crippen LogP contribution is 2.23. The van der Waals surface area contributed by atoms with Crippen LogP contribution in [0.3, 0.4) is 0 Å². The van der Waals surface area contributed by atoms with Gasteiger partial charge in [0.25, 0.3) is 0 Å². The van der Waals surface area contributed by atoms with Crippen molar-refractivity contribution in [3.63, 3.8) is 0 Å². The number of rotatable bonds is 5. The molecule has 23 heavy (non-hydrogen) atoms. The van der Waals surface area contributed by atoms with E-state index in [9.17, 15) is 0 Å². The van der Waals surface area contributed by atoms with E-state index in [-0.39, 0.29) is 6.10 Å². The molecule has 0 saturated carbocycles. The third kappa shape index (κ3) is 3.78. The molecular formula is C17H23N5O. The Bertz CT molecular complexity index is 631. The van der Waals surface area contributed by atoms with Crippen LogP contribution in [-0.2, 0) is 11.3 Å². The molecule has 122 valence electrons. The van der Waals surface area contributed by atoms with E-state index in [1.807, 2.05) is 44.7 Å². The lowest BCUT2D eigenvalue weighted by atomic mass is 10.1. The smallest absolute Gasteiger partial charge is 0.130 e. The molecule has 3 rings (SSSR count). The molecular weight excluding hydrogens is 290 g/mol. The number of hydrogen-bond donors (Lipinski definition) is 2. The van der Waals surface area contributed by atoms with Crippen molar-refractivity contribution in [2.75, 3.05) is 44.4 Å². The fourth-order valence-electron chi connectivity index (χ4n) is 2.80. The van der Waals surface area contributed by atoms with Gasteiger partial charge in [-0.1, -0.05) is 6.07 Å². The lowest BCUT2D eigenvalue weighted by molar-refractivity contribution is -0.0349. The van der Waals surface area contributed by atoms with Gasteiger partial charge in [-0.15, -0.1) is 0 Å². The molecule has 1 aliphatic heterocycles. The molecule has 0 spiro atoms. The number of ether oxygens (including phenoxy) is 1. The first kappa shape index (κ1) is 15.7. The van der Waals surface area contributed by atoms with Gasteiger partial charge in [0, 0.05) is 45.5 Å². The summed E-state index contributed by atoms with van der Waals surface area (Å²) in [5.74, 6) is 0.937. The lowest BCUT2D eigenvalue weighted by Crippen LogP contribution is -2.38.